The smallest absolute Gasteiger partial charge is 0.260 e. The maximum Gasteiger partial charge on any atom is 0.260 e. The first kappa shape index (κ1) is 15.3. The van der Waals surface area contributed by atoms with Gasteiger partial charge in [0, 0.05) is 6.04 Å². The van der Waals surface area contributed by atoms with E-state index in [0.717, 1.165) is 18.4 Å². The molecule has 19 heavy (non-hydrogen) atoms. The molecule has 0 bridgehead atoms. The van der Waals surface area contributed by atoms with Crippen molar-refractivity contribution in [1.82, 2.24) is 5.32 Å². The van der Waals surface area contributed by atoms with Crippen molar-refractivity contribution in [3.8, 4) is 5.75 Å². The molecule has 0 aliphatic rings. The van der Waals surface area contributed by atoms with Crippen LogP contribution in [0.1, 0.15) is 39.2 Å². The Morgan fingerprint density at radius 1 is 1.37 bits per heavy atom. The van der Waals surface area contributed by atoms with Crippen LogP contribution in [0.3, 0.4) is 0 Å². The van der Waals surface area contributed by atoms with Crippen LogP contribution < -0.4 is 15.8 Å². The molecule has 0 aromatic heterocycles. The van der Waals surface area contributed by atoms with E-state index in [0.29, 0.717) is 11.4 Å². The van der Waals surface area contributed by atoms with E-state index in [1.54, 1.807) is 13.0 Å². The van der Waals surface area contributed by atoms with Gasteiger partial charge in [0.2, 0.25) is 0 Å². The number of amides is 1. The summed E-state index contributed by atoms with van der Waals surface area (Å²) in [5.41, 5.74) is 7.36. The van der Waals surface area contributed by atoms with E-state index >= 15 is 0 Å². The Hall–Kier alpha value is -1.71. The van der Waals surface area contributed by atoms with Crippen molar-refractivity contribution in [3.63, 3.8) is 0 Å². The second-order valence-electron chi connectivity index (χ2n) is 4.78. The highest BCUT2D eigenvalue weighted by molar-refractivity contribution is 5.81. The molecule has 0 radical (unpaired) electrons. The molecule has 1 amide bonds. The third-order valence-electron chi connectivity index (χ3n) is 3.24. The molecule has 0 fully saturated rings. The van der Waals surface area contributed by atoms with Crippen molar-refractivity contribution < 1.29 is 9.53 Å². The lowest BCUT2D eigenvalue weighted by molar-refractivity contribution is -0.128. The summed E-state index contributed by atoms with van der Waals surface area (Å²) in [6, 6.07) is 5.75. The summed E-state index contributed by atoms with van der Waals surface area (Å²) in [6.45, 7) is 7.76. The number of nitrogens with two attached hydrogens (primary N) is 1. The van der Waals surface area contributed by atoms with Gasteiger partial charge in [0.25, 0.3) is 5.91 Å². The van der Waals surface area contributed by atoms with E-state index < -0.39 is 6.10 Å². The van der Waals surface area contributed by atoms with E-state index in [1.165, 1.54) is 0 Å². The maximum atomic E-state index is 12.0. The van der Waals surface area contributed by atoms with Gasteiger partial charge in [-0.05, 0) is 38.3 Å². The second-order valence-corrected chi connectivity index (χ2v) is 4.78. The Bertz CT molecular complexity index is 408. The van der Waals surface area contributed by atoms with Crippen LogP contribution in [-0.4, -0.2) is 18.1 Å². The fourth-order valence-electron chi connectivity index (χ4n) is 1.88. The lowest BCUT2D eigenvalue weighted by atomic mass is 10.1. The van der Waals surface area contributed by atoms with E-state index in [-0.39, 0.29) is 11.9 Å². The van der Waals surface area contributed by atoms with Gasteiger partial charge in [-0.15, -0.1) is 0 Å². The first-order valence-corrected chi connectivity index (χ1v) is 6.81. The minimum atomic E-state index is -0.552. The van der Waals surface area contributed by atoms with Gasteiger partial charge in [-0.1, -0.05) is 26.0 Å². The standard InChI is InChI=1S/C15H24N2O2/c1-5-12(6-2)17-15(18)11(4)19-14-10(3)8-7-9-13(14)16/h7-9,11-12H,5-6,16H2,1-4H3,(H,17,18). The van der Waals surface area contributed by atoms with Crippen molar-refractivity contribution in [2.75, 3.05) is 5.73 Å². The SMILES string of the molecule is CCC(CC)NC(=O)C(C)Oc1c(C)cccc1N. The molecule has 106 valence electrons. The Labute approximate surface area is 115 Å². The highest BCUT2D eigenvalue weighted by Gasteiger charge is 2.19. The number of anilines is 1. The molecule has 3 N–H and O–H groups in total. The minimum Gasteiger partial charge on any atom is -0.478 e. The number of hydrogen-bond acceptors (Lipinski definition) is 3. The summed E-state index contributed by atoms with van der Waals surface area (Å²) >= 11 is 0. The summed E-state index contributed by atoms with van der Waals surface area (Å²) in [7, 11) is 0. The number of benzene rings is 1. The summed E-state index contributed by atoms with van der Waals surface area (Å²) in [6.07, 6.45) is 1.28. The fourth-order valence-corrected chi connectivity index (χ4v) is 1.88. The Morgan fingerprint density at radius 3 is 2.53 bits per heavy atom. The van der Waals surface area contributed by atoms with Gasteiger partial charge < -0.3 is 15.8 Å². The van der Waals surface area contributed by atoms with Crippen LogP contribution in [0.5, 0.6) is 5.75 Å². The molecule has 1 unspecified atom stereocenters. The zero-order valence-electron chi connectivity index (χ0n) is 12.2. The lowest BCUT2D eigenvalue weighted by Crippen LogP contribution is -2.42. The topological polar surface area (TPSA) is 64.3 Å². The first-order valence-electron chi connectivity index (χ1n) is 6.81. The Balaban J connectivity index is 2.69. The highest BCUT2D eigenvalue weighted by atomic mass is 16.5. The van der Waals surface area contributed by atoms with E-state index in [9.17, 15) is 4.79 Å². The van der Waals surface area contributed by atoms with Crippen molar-refractivity contribution in [1.29, 1.82) is 0 Å². The van der Waals surface area contributed by atoms with Crippen molar-refractivity contribution in [2.24, 2.45) is 0 Å². The molecular formula is C15H24N2O2. The zero-order chi connectivity index (χ0) is 14.4. The van der Waals surface area contributed by atoms with Gasteiger partial charge in [0.1, 0.15) is 5.75 Å². The molecule has 1 atom stereocenters. The maximum absolute atomic E-state index is 12.0. The predicted octanol–water partition coefficient (Wildman–Crippen LogP) is 2.65. The van der Waals surface area contributed by atoms with Crippen LogP contribution in [0.15, 0.2) is 18.2 Å². The fraction of sp³-hybridized carbons (Fsp3) is 0.533. The van der Waals surface area contributed by atoms with Crippen LogP contribution >= 0.6 is 0 Å². The third kappa shape index (κ3) is 4.16. The molecule has 0 aliphatic heterocycles. The number of hydrogen-bond donors (Lipinski definition) is 2. The first-order chi connectivity index (χ1) is 8.99. The third-order valence-corrected chi connectivity index (χ3v) is 3.24. The second kappa shape index (κ2) is 7.02. The largest absolute Gasteiger partial charge is 0.478 e. The van der Waals surface area contributed by atoms with Crippen LogP contribution in [0.25, 0.3) is 0 Å². The van der Waals surface area contributed by atoms with Crippen molar-refractivity contribution in [2.45, 2.75) is 52.7 Å². The quantitative estimate of drug-likeness (QED) is 0.776. The van der Waals surface area contributed by atoms with Gasteiger partial charge >= 0.3 is 0 Å². The van der Waals surface area contributed by atoms with Crippen molar-refractivity contribution >= 4 is 11.6 Å². The number of carbonyl (C=O) groups excluding carboxylic acids is 1. The van der Waals surface area contributed by atoms with Gasteiger partial charge in [-0.2, -0.15) is 0 Å². The predicted molar refractivity (Wildman–Crippen MR) is 78.2 cm³/mol. The molecule has 1 aromatic carbocycles. The average molecular weight is 264 g/mol. The molecule has 4 nitrogen and oxygen atoms in total. The molecule has 0 aliphatic carbocycles. The van der Waals surface area contributed by atoms with Gasteiger partial charge in [-0.25, -0.2) is 0 Å². The molecule has 0 saturated heterocycles. The van der Waals surface area contributed by atoms with E-state index in [4.69, 9.17) is 10.5 Å². The monoisotopic (exact) mass is 264 g/mol. The van der Waals surface area contributed by atoms with Gasteiger partial charge in [-0.3, -0.25) is 4.79 Å². The molecule has 4 heteroatoms. The zero-order valence-corrected chi connectivity index (χ0v) is 12.2. The van der Waals surface area contributed by atoms with Gasteiger partial charge in [0.15, 0.2) is 6.10 Å². The van der Waals surface area contributed by atoms with E-state index in [2.05, 4.69) is 19.2 Å². The molecular weight excluding hydrogens is 240 g/mol. The average Bonchev–Trinajstić information content (AvgIpc) is 2.39. The Kier molecular flexibility index (Phi) is 5.67. The minimum absolute atomic E-state index is 0.101. The number of nitrogens with one attached hydrogen (secondary N) is 1. The number of ether oxygens (including phenoxy) is 1. The highest BCUT2D eigenvalue weighted by Crippen LogP contribution is 2.26. The number of nitrogen functional groups attached to an aromatic ring is 1. The van der Waals surface area contributed by atoms with Crippen LogP contribution in [0, 0.1) is 6.92 Å². The van der Waals surface area contributed by atoms with Crippen LogP contribution in [0.2, 0.25) is 0 Å². The molecule has 0 spiro atoms. The Morgan fingerprint density at radius 2 is 2.00 bits per heavy atom. The summed E-state index contributed by atoms with van der Waals surface area (Å²) in [5, 5.41) is 2.97. The molecule has 1 rings (SSSR count). The lowest BCUT2D eigenvalue weighted by Gasteiger charge is -2.21. The van der Waals surface area contributed by atoms with Crippen molar-refractivity contribution in [3.05, 3.63) is 23.8 Å². The number of rotatable bonds is 6. The molecule has 1 aromatic rings. The molecule has 0 saturated carbocycles. The summed E-state index contributed by atoms with van der Waals surface area (Å²) in [5.74, 6) is 0.492. The summed E-state index contributed by atoms with van der Waals surface area (Å²) < 4.78 is 5.69. The van der Waals surface area contributed by atoms with Crippen LogP contribution in [-0.2, 0) is 4.79 Å². The number of para-hydroxylation sites is 1. The number of aryl methyl sites for hydroxylation is 1. The summed E-state index contributed by atoms with van der Waals surface area (Å²) in [4.78, 5) is 12.0. The molecule has 0 heterocycles. The van der Waals surface area contributed by atoms with Crippen LogP contribution in [0.4, 0.5) is 5.69 Å². The van der Waals surface area contributed by atoms with Gasteiger partial charge in [0.05, 0.1) is 5.69 Å². The van der Waals surface area contributed by atoms with E-state index in [1.807, 2.05) is 19.1 Å². The normalized spacial score (nSPS) is 12.3. The number of carbonyl (C=O) groups is 1.